The van der Waals surface area contributed by atoms with Crippen LogP contribution in [0.2, 0.25) is 13.1 Å². The second-order valence-corrected chi connectivity index (χ2v) is 34.1. The van der Waals surface area contributed by atoms with Gasteiger partial charge in [0.05, 0.1) is 0 Å². The molecule has 2 aromatic rings. The molecular formula is C26H32Cl2HfSi. The van der Waals surface area contributed by atoms with Gasteiger partial charge in [0.25, 0.3) is 0 Å². The van der Waals surface area contributed by atoms with Crippen molar-refractivity contribution in [1.82, 2.24) is 0 Å². The molecule has 0 heterocycles. The summed E-state index contributed by atoms with van der Waals surface area (Å²) in [6.45, 7) is 14.9. The molecule has 4 rings (SSSR count). The monoisotopic (exact) mass is 622 g/mol. The van der Waals surface area contributed by atoms with Gasteiger partial charge in [-0.2, -0.15) is 0 Å². The van der Waals surface area contributed by atoms with Gasteiger partial charge >= 0.3 is 180 Å². The molecular weight excluding hydrogens is 590 g/mol. The third kappa shape index (κ3) is 4.53. The van der Waals surface area contributed by atoms with E-state index in [1.54, 1.807) is 22.3 Å². The van der Waals surface area contributed by atoms with Crippen LogP contribution in [0.25, 0.3) is 12.2 Å². The Hall–Kier alpha value is -0.413. The zero-order valence-corrected chi connectivity index (χ0v) is 24.9. The molecule has 0 spiro atoms. The fourth-order valence-corrected chi connectivity index (χ4v) is 35.1. The molecule has 4 heteroatoms. The predicted octanol–water partition coefficient (Wildman–Crippen LogP) is 1.45. The van der Waals surface area contributed by atoms with E-state index in [1.165, 1.54) is 11.1 Å². The topological polar surface area (TPSA) is 0 Å². The Balaban J connectivity index is 0.00000160. The maximum atomic E-state index is 2.63. The first kappa shape index (κ1) is 25.8. The summed E-state index contributed by atoms with van der Waals surface area (Å²) in [6.07, 6.45) is 5.11. The van der Waals surface area contributed by atoms with E-state index in [9.17, 15) is 0 Å². The van der Waals surface area contributed by atoms with Crippen LogP contribution in [0.4, 0.5) is 0 Å². The molecule has 0 aliphatic heterocycles. The summed E-state index contributed by atoms with van der Waals surface area (Å²) in [5.74, 6) is 1.28. The second kappa shape index (κ2) is 10.5. The zero-order valence-electron chi connectivity index (χ0n) is 18.8. The van der Waals surface area contributed by atoms with Crippen molar-refractivity contribution in [2.45, 2.75) is 48.1 Å². The molecule has 2 atom stereocenters. The summed E-state index contributed by atoms with van der Waals surface area (Å²) >= 11 is -2.12. The molecule has 30 heavy (non-hydrogen) atoms. The maximum Gasteiger partial charge on any atom is -1.00 e. The van der Waals surface area contributed by atoms with Crippen molar-refractivity contribution in [3.05, 3.63) is 81.9 Å². The van der Waals surface area contributed by atoms with Crippen LogP contribution < -0.4 is 24.8 Å². The van der Waals surface area contributed by atoms with Gasteiger partial charge in [0, 0.05) is 0 Å². The van der Waals surface area contributed by atoms with E-state index in [0.29, 0.717) is 11.8 Å². The van der Waals surface area contributed by atoms with Crippen LogP contribution in [0.5, 0.6) is 0 Å². The fraction of sp³-hybridized carbons (Fsp3) is 0.385. The first-order chi connectivity index (χ1) is 13.4. The number of rotatable bonds is 4. The Morgan fingerprint density at radius 2 is 1.03 bits per heavy atom. The second-order valence-electron chi connectivity index (χ2n) is 9.18. The molecule has 2 aliphatic carbocycles. The first-order valence-electron chi connectivity index (χ1n) is 10.7. The van der Waals surface area contributed by atoms with E-state index in [-0.39, 0.29) is 30.3 Å². The van der Waals surface area contributed by atoms with E-state index in [0.717, 1.165) is 7.35 Å². The van der Waals surface area contributed by atoms with E-state index in [4.69, 9.17) is 0 Å². The van der Waals surface area contributed by atoms with Crippen molar-refractivity contribution in [1.29, 1.82) is 0 Å². The third-order valence-corrected chi connectivity index (χ3v) is 33.9. The van der Waals surface area contributed by atoms with Gasteiger partial charge in [-0.1, -0.05) is 0 Å². The summed E-state index contributed by atoms with van der Waals surface area (Å²) in [4.78, 5) is 0. The molecule has 0 aromatic heterocycles. The molecule has 158 valence electrons. The van der Waals surface area contributed by atoms with Crippen molar-refractivity contribution in [3.8, 4) is 0 Å². The summed E-state index contributed by atoms with van der Waals surface area (Å²) < 4.78 is 1.53. The van der Waals surface area contributed by atoms with Crippen LogP contribution in [0.15, 0.2) is 59.7 Å². The number of hydrogen-bond donors (Lipinski definition) is 0. The van der Waals surface area contributed by atoms with Crippen LogP contribution in [0.3, 0.4) is 0 Å². The van der Waals surface area contributed by atoms with Crippen molar-refractivity contribution < 1.29 is 44.9 Å². The fourth-order valence-electron chi connectivity index (χ4n) is 5.13. The maximum absolute atomic E-state index is 2.63. The number of halogens is 2. The molecule has 2 unspecified atom stereocenters. The number of hydrogen-bond acceptors (Lipinski definition) is 0. The Kier molecular flexibility index (Phi) is 9.02. The van der Waals surface area contributed by atoms with Gasteiger partial charge in [0.1, 0.15) is 0 Å². The Labute approximate surface area is 203 Å². The molecule has 2 aromatic carbocycles. The van der Waals surface area contributed by atoms with Crippen molar-refractivity contribution in [3.63, 3.8) is 0 Å². The van der Waals surface area contributed by atoms with Gasteiger partial charge in [-0.15, -0.1) is 0 Å². The van der Waals surface area contributed by atoms with Crippen LogP contribution in [-0.2, 0) is 20.1 Å². The normalized spacial score (nSPS) is 18.5. The summed E-state index contributed by atoms with van der Waals surface area (Å²) in [6, 6.07) is 18.6. The van der Waals surface area contributed by atoms with Gasteiger partial charge in [-0.25, -0.2) is 0 Å². The molecule has 0 N–H and O–H groups in total. The molecule has 0 fully saturated rings. The average Bonchev–Trinajstić information content (AvgIpc) is 3.22. The Morgan fingerprint density at radius 1 is 0.667 bits per heavy atom. The minimum absolute atomic E-state index is 0. The van der Waals surface area contributed by atoms with E-state index in [2.05, 4.69) is 101 Å². The van der Waals surface area contributed by atoms with Gasteiger partial charge in [-0.3, -0.25) is 0 Å². The standard InChI is InChI=1S/2C12H13.C2H6Si.2ClH.Hf/c2*1-9(2)12-7-10-5-3-4-6-11(10)8-12;1-3-2;;;/h2*3-9H,1-2H3;1-2H3;2*1H;/q;;;;;+2/p-2. The van der Waals surface area contributed by atoms with Crippen molar-refractivity contribution in [2.24, 2.45) is 11.8 Å². The molecule has 0 nitrogen and oxygen atoms in total. The number of allylic oxidation sites excluding steroid dienone is 2. The molecule has 0 saturated carbocycles. The molecule has 2 aliphatic rings. The summed E-state index contributed by atoms with van der Waals surface area (Å²) in [5, 5.41) is 0. The van der Waals surface area contributed by atoms with Gasteiger partial charge in [-0.05, 0) is 0 Å². The quantitative estimate of drug-likeness (QED) is 0.454. The minimum Gasteiger partial charge on any atom is -1.00 e. The van der Waals surface area contributed by atoms with Crippen LogP contribution >= 0.6 is 0 Å². The largest absolute Gasteiger partial charge is 1.00 e. The van der Waals surface area contributed by atoms with Crippen molar-refractivity contribution in [2.75, 3.05) is 0 Å². The van der Waals surface area contributed by atoms with Crippen molar-refractivity contribution >= 4 is 17.6 Å². The summed E-state index contributed by atoms with van der Waals surface area (Å²) in [7, 11) is 0. The Bertz CT molecular complexity index is 938. The van der Waals surface area contributed by atoms with Gasteiger partial charge in [0.2, 0.25) is 0 Å². The smallest absolute Gasteiger partial charge is 1.00 e. The minimum atomic E-state index is -2.12. The Morgan fingerprint density at radius 3 is 1.37 bits per heavy atom. The van der Waals surface area contributed by atoms with Gasteiger partial charge in [0.15, 0.2) is 0 Å². The third-order valence-electron chi connectivity index (χ3n) is 6.46. The number of benzene rings is 2. The molecule has 0 saturated heterocycles. The van der Waals surface area contributed by atoms with Crippen LogP contribution in [0.1, 0.15) is 57.3 Å². The summed E-state index contributed by atoms with van der Waals surface area (Å²) in [5.41, 5.74) is 9.48. The van der Waals surface area contributed by atoms with Crippen LogP contribution in [0, 0.1) is 11.8 Å². The molecule has 0 amide bonds. The average molecular weight is 622 g/mol. The molecule has 0 radical (unpaired) electrons. The van der Waals surface area contributed by atoms with E-state index < -0.39 is 20.1 Å². The predicted molar refractivity (Wildman–Crippen MR) is 121 cm³/mol. The molecule has 0 bridgehead atoms. The SMILES string of the molecule is CC(C)C1=Cc2ccccc2[CH]1[Hf+2]([CH]1C(C(C)C)=Cc2ccccc21)=[Si](C)C.[Cl-].[Cl-]. The zero-order chi connectivity index (χ0) is 20.0. The van der Waals surface area contributed by atoms with E-state index in [1.807, 2.05) is 0 Å². The number of fused-ring (bicyclic) bond motifs is 2. The first-order valence-corrected chi connectivity index (χ1v) is 22.7. The van der Waals surface area contributed by atoms with E-state index >= 15 is 0 Å². The van der Waals surface area contributed by atoms with Crippen LogP contribution in [-0.4, -0.2) is 5.49 Å². The van der Waals surface area contributed by atoms with Gasteiger partial charge < -0.3 is 24.8 Å².